The fourth-order valence-corrected chi connectivity index (χ4v) is 4.87. The van der Waals surface area contributed by atoms with E-state index in [4.69, 9.17) is 9.47 Å². The Bertz CT molecular complexity index is 934. The highest BCUT2D eigenvalue weighted by atomic mass is 32.2. The summed E-state index contributed by atoms with van der Waals surface area (Å²) >= 11 is 0. The zero-order chi connectivity index (χ0) is 21.6. The molecule has 1 N–H and O–H groups in total. The van der Waals surface area contributed by atoms with Crippen LogP contribution in [0.2, 0.25) is 0 Å². The van der Waals surface area contributed by atoms with Crippen LogP contribution >= 0.6 is 0 Å². The molecule has 1 saturated heterocycles. The molecular weight excluding hydrogens is 404 g/mol. The van der Waals surface area contributed by atoms with E-state index in [2.05, 4.69) is 5.32 Å². The lowest BCUT2D eigenvalue weighted by Crippen LogP contribution is -2.46. The van der Waals surface area contributed by atoms with Gasteiger partial charge in [-0.3, -0.25) is 4.79 Å². The van der Waals surface area contributed by atoms with Gasteiger partial charge in [0.2, 0.25) is 10.0 Å². The average Bonchev–Trinajstić information content (AvgIpc) is 2.75. The van der Waals surface area contributed by atoms with Crippen LogP contribution in [-0.4, -0.2) is 51.0 Å². The quantitative estimate of drug-likeness (QED) is 0.693. The molecule has 0 aromatic heterocycles. The number of piperidine rings is 1. The zero-order valence-corrected chi connectivity index (χ0v) is 18.2. The first kappa shape index (κ1) is 22.1. The predicted molar refractivity (Wildman–Crippen MR) is 114 cm³/mol. The fraction of sp³-hybridized carbons (Fsp3) is 0.409. The summed E-state index contributed by atoms with van der Waals surface area (Å²) in [4.78, 5) is 12.7. The summed E-state index contributed by atoms with van der Waals surface area (Å²) in [5.74, 6) is 1.21. The van der Waals surface area contributed by atoms with Crippen molar-refractivity contribution in [3.05, 3.63) is 54.1 Å². The second-order valence-corrected chi connectivity index (χ2v) is 8.95. The number of rotatable bonds is 8. The van der Waals surface area contributed by atoms with Gasteiger partial charge in [-0.25, -0.2) is 8.42 Å². The second-order valence-electron chi connectivity index (χ2n) is 7.01. The molecule has 3 rings (SSSR count). The van der Waals surface area contributed by atoms with Crippen molar-refractivity contribution in [2.45, 2.75) is 37.6 Å². The Balaban J connectivity index is 1.55. The number of benzene rings is 2. The van der Waals surface area contributed by atoms with Gasteiger partial charge in [-0.1, -0.05) is 0 Å². The average molecular weight is 433 g/mol. The molecule has 0 unspecified atom stereocenters. The van der Waals surface area contributed by atoms with Gasteiger partial charge >= 0.3 is 0 Å². The molecule has 1 aliphatic rings. The summed E-state index contributed by atoms with van der Waals surface area (Å²) < 4.78 is 38.0. The number of amides is 1. The van der Waals surface area contributed by atoms with E-state index < -0.39 is 10.0 Å². The first-order chi connectivity index (χ1) is 14.4. The Labute approximate surface area is 178 Å². The van der Waals surface area contributed by atoms with E-state index in [1.165, 1.54) is 4.31 Å². The lowest BCUT2D eigenvalue weighted by atomic mass is 10.1. The van der Waals surface area contributed by atoms with E-state index in [0.29, 0.717) is 50.5 Å². The number of hydrogen-bond acceptors (Lipinski definition) is 5. The van der Waals surface area contributed by atoms with Crippen molar-refractivity contribution in [3.63, 3.8) is 0 Å². The molecule has 0 atom stereocenters. The molecule has 1 heterocycles. The summed E-state index contributed by atoms with van der Waals surface area (Å²) in [5, 5.41) is 3.00. The van der Waals surface area contributed by atoms with Crippen molar-refractivity contribution >= 4 is 15.9 Å². The van der Waals surface area contributed by atoms with Crippen molar-refractivity contribution in [1.29, 1.82) is 0 Å². The van der Waals surface area contributed by atoms with Crippen LogP contribution in [0.1, 0.15) is 37.0 Å². The van der Waals surface area contributed by atoms with Crippen LogP contribution in [0.25, 0.3) is 0 Å². The Morgan fingerprint density at radius 2 is 1.43 bits per heavy atom. The van der Waals surface area contributed by atoms with Crippen LogP contribution in [0.15, 0.2) is 53.4 Å². The van der Waals surface area contributed by atoms with Gasteiger partial charge in [0.1, 0.15) is 11.5 Å². The molecule has 30 heavy (non-hydrogen) atoms. The van der Waals surface area contributed by atoms with Gasteiger partial charge in [0.15, 0.2) is 0 Å². The molecule has 1 amide bonds. The smallest absolute Gasteiger partial charge is 0.251 e. The van der Waals surface area contributed by atoms with Gasteiger partial charge in [-0.05, 0) is 75.2 Å². The summed E-state index contributed by atoms with van der Waals surface area (Å²) in [7, 11) is -3.56. The number of nitrogens with zero attached hydrogens (tertiary/aromatic N) is 1. The monoisotopic (exact) mass is 432 g/mol. The maximum absolute atomic E-state index is 12.9. The standard InChI is InChI=1S/C22H28N2O5S/c1-3-28-19-7-5-17(6-8-19)22(25)23-18-13-15-24(16-14-18)30(26,27)21-11-9-20(10-12-21)29-4-2/h5-12,18H,3-4,13-16H2,1-2H3,(H,23,25). The molecule has 7 nitrogen and oxygen atoms in total. The molecule has 0 radical (unpaired) electrons. The third-order valence-electron chi connectivity index (χ3n) is 4.99. The van der Waals surface area contributed by atoms with Crippen LogP contribution < -0.4 is 14.8 Å². The van der Waals surface area contributed by atoms with E-state index in [9.17, 15) is 13.2 Å². The Kier molecular flexibility index (Phi) is 7.33. The number of nitrogens with one attached hydrogen (secondary N) is 1. The topological polar surface area (TPSA) is 84.9 Å². The normalized spacial score (nSPS) is 15.5. The third-order valence-corrected chi connectivity index (χ3v) is 6.90. The van der Waals surface area contributed by atoms with Gasteiger partial charge in [0, 0.05) is 24.7 Å². The molecule has 2 aromatic carbocycles. The number of hydrogen-bond donors (Lipinski definition) is 1. The van der Waals surface area contributed by atoms with E-state index >= 15 is 0 Å². The number of carbonyl (C=O) groups excluding carboxylic acids is 1. The fourth-order valence-electron chi connectivity index (χ4n) is 3.40. The van der Waals surface area contributed by atoms with E-state index in [-0.39, 0.29) is 16.8 Å². The zero-order valence-electron chi connectivity index (χ0n) is 17.3. The van der Waals surface area contributed by atoms with Gasteiger partial charge < -0.3 is 14.8 Å². The maximum atomic E-state index is 12.9. The molecule has 0 bridgehead atoms. The lowest BCUT2D eigenvalue weighted by molar-refractivity contribution is 0.0924. The summed E-state index contributed by atoms with van der Waals surface area (Å²) in [6, 6.07) is 13.4. The molecule has 0 saturated carbocycles. The van der Waals surface area contributed by atoms with Gasteiger partial charge in [0.25, 0.3) is 5.91 Å². The second kappa shape index (κ2) is 9.95. The maximum Gasteiger partial charge on any atom is 0.251 e. The van der Waals surface area contributed by atoms with Crippen LogP contribution in [0.4, 0.5) is 0 Å². The van der Waals surface area contributed by atoms with Crippen molar-refractivity contribution in [3.8, 4) is 11.5 Å². The van der Waals surface area contributed by atoms with Crippen LogP contribution in [-0.2, 0) is 10.0 Å². The van der Waals surface area contributed by atoms with Crippen LogP contribution in [0, 0.1) is 0 Å². The van der Waals surface area contributed by atoms with Gasteiger partial charge in [-0.2, -0.15) is 4.31 Å². The Morgan fingerprint density at radius 1 is 0.933 bits per heavy atom. The molecule has 1 aliphatic heterocycles. The highest BCUT2D eigenvalue weighted by Crippen LogP contribution is 2.23. The summed E-state index contributed by atoms with van der Waals surface area (Å²) in [5.41, 5.74) is 0.558. The van der Waals surface area contributed by atoms with Crippen molar-refractivity contribution < 1.29 is 22.7 Å². The lowest BCUT2D eigenvalue weighted by Gasteiger charge is -2.31. The van der Waals surface area contributed by atoms with Gasteiger partial charge in [-0.15, -0.1) is 0 Å². The minimum absolute atomic E-state index is 0.0594. The van der Waals surface area contributed by atoms with Crippen molar-refractivity contribution in [2.24, 2.45) is 0 Å². The summed E-state index contributed by atoms with van der Waals surface area (Å²) in [6.07, 6.45) is 1.14. The minimum atomic E-state index is -3.56. The van der Waals surface area contributed by atoms with Gasteiger partial charge in [0.05, 0.1) is 18.1 Å². The van der Waals surface area contributed by atoms with Crippen LogP contribution in [0.5, 0.6) is 11.5 Å². The Morgan fingerprint density at radius 3 is 1.93 bits per heavy atom. The highest BCUT2D eigenvalue weighted by Gasteiger charge is 2.30. The number of ether oxygens (including phenoxy) is 2. The van der Waals surface area contributed by atoms with E-state index in [1.807, 2.05) is 13.8 Å². The minimum Gasteiger partial charge on any atom is -0.494 e. The van der Waals surface area contributed by atoms with Crippen molar-refractivity contribution in [2.75, 3.05) is 26.3 Å². The highest BCUT2D eigenvalue weighted by molar-refractivity contribution is 7.89. The predicted octanol–water partition coefficient (Wildman–Crippen LogP) is 3.07. The Hall–Kier alpha value is -2.58. The first-order valence-corrected chi connectivity index (χ1v) is 11.6. The van der Waals surface area contributed by atoms with E-state index in [1.54, 1.807) is 48.5 Å². The number of carbonyl (C=O) groups is 1. The SMILES string of the molecule is CCOc1ccc(C(=O)NC2CCN(S(=O)(=O)c3ccc(OCC)cc3)CC2)cc1. The van der Waals surface area contributed by atoms with Crippen molar-refractivity contribution in [1.82, 2.24) is 9.62 Å². The van der Waals surface area contributed by atoms with E-state index in [0.717, 1.165) is 5.75 Å². The molecule has 2 aromatic rings. The summed E-state index contributed by atoms with van der Waals surface area (Å²) in [6.45, 7) is 5.62. The molecule has 0 aliphatic carbocycles. The molecule has 0 spiro atoms. The number of sulfonamides is 1. The molecule has 1 fully saturated rings. The largest absolute Gasteiger partial charge is 0.494 e. The third kappa shape index (κ3) is 5.31. The molecule has 162 valence electrons. The molecule has 8 heteroatoms. The molecular formula is C22H28N2O5S. The van der Waals surface area contributed by atoms with Crippen LogP contribution in [0.3, 0.4) is 0 Å². The first-order valence-electron chi connectivity index (χ1n) is 10.2.